The van der Waals surface area contributed by atoms with Gasteiger partial charge in [-0.15, -0.1) is 0 Å². The molecule has 0 heterocycles. The number of hydrogen-bond acceptors (Lipinski definition) is 4. The summed E-state index contributed by atoms with van der Waals surface area (Å²) in [5, 5.41) is 8.63. The van der Waals surface area contributed by atoms with Crippen molar-refractivity contribution in [1.82, 2.24) is 4.90 Å². The van der Waals surface area contributed by atoms with E-state index in [4.69, 9.17) is 14.6 Å². The molecule has 0 unspecified atom stereocenters. The summed E-state index contributed by atoms with van der Waals surface area (Å²) in [6, 6.07) is 0. The molecule has 0 saturated heterocycles. The molecule has 0 aliphatic rings. The first-order valence-electron chi connectivity index (χ1n) is 4.62. The Balaban J connectivity index is 3.66. The van der Waals surface area contributed by atoms with Crippen LogP contribution in [0.4, 0.5) is 0 Å². The number of ether oxygens (including phenoxy) is 2. The number of nitrogens with zero attached hydrogens (tertiary/aromatic N) is 1. The highest BCUT2D eigenvalue weighted by atomic mass is 16.5. The fourth-order valence-electron chi connectivity index (χ4n) is 1.11. The van der Waals surface area contributed by atoms with Gasteiger partial charge in [-0.1, -0.05) is 0 Å². The van der Waals surface area contributed by atoms with Crippen molar-refractivity contribution in [1.29, 1.82) is 0 Å². The van der Waals surface area contributed by atoms with Gasteiger partial charge in [0.05, 0.1) is 13.2 Å². The summed E-state index contributed by atoms with van der Waals surface area (Å²) in [5.41, 5.74) is 0. The zero-order chi connectivity index (χ0) is 10.8. The minimum absolute atomic E-state index is 0.0626. The van der Waals surface area contributed by atoms with Crippen LogP contribution < -0.4 is 0 Å². The third-order valence-electron chi connectivity index (χ3n) is 1.79. The van der Waals surface area contributed by atoms with Crippen LogP contribution in [0.3, 0.4) is 0 Å². The third-order valence-corrected chi connectivity index (χ3v) is 1.79. The van der Waals surface area contributed by atoms with E-state index in [0.29, 0.717) is 19.8 Å². The van der Waals surface area contributed by atoms with Crippen LogP contribution in [0.15, 0.2) is 0 Å². The molecule has 1 N–H and O–H groups in total. The lowest BCUT2D eigenvalue weighted by molar-refractivity contribution is -0.138. The van der Waals surface area contributed by atoms with Gasteiger partial charge in [-0.05, 0) is 6.42 Å². The van der Waals surface area contributed by atoms with Gasteiger partial charge in [0.1, 0.15) is 0 Å². The Morgan fingerprint density at radius 1 is 1.21 bits per heavy atom. The lowest BCUT2D eigenvalue weighted by atomic mass is 10.4. The van der Waals surface area contributed by atoms with Gasteiger partial charge in [-0.25, -0.2) is 0 Å². The highest BCUT2D eigenvalue weighted by molar-refractivity contribution is 5.69. The van der Waals surface area contributed by atoms with E-state index in [-0.39, 0.29) is 6.54 Å². The van der Waals surface area contributed by atoms with Crippen LogP contribution in [-0.4, -0.2) is 63.0 Å². The van der Waals surface area contributed by atoms with Crippen LogP contribution in [0.2, 0.25) is 0 Å². The zero-order valence-electron chi connectivity index (χ0n) is 8.86. The predicted molar refractivity (Wildman–Crippen MR) is 52.4 cm³/mol. The Kier molecular flexibility index (Phi) is 8.51. The van der Waals surface area contributed by atoms with Crippen LogP contribution in [0.1, 0.15) is 6.42 Å². The van der Waals surface area contributed by atoms with E-state index in [9.17, 15) is 4.79 Å². The maximum atomic E-state index is 10.5. The molecular formula is C9H19NO4. The minimum atomic E-state index is -0.807. The van der Waals surface area contributed by atoms with Crippen LogP contribution in [0.5, 0.6) is 0 Å². The number of aliphatic carboxylic acids is 1. The van der Waals surface area contributed by atoms with Crippen LogP contribution in [-0.2, 0) is 14.3 Å². The van der Waals surface area contributed by atoms with Crippen molar-refractivity contribution < 1.29 is 19.4 Å². The number of methoxy groups -OCH3 is 2. The smallest absolute Gasteiger partial charge is 0.317 e. The highest BCUT2D eigenvalue weighted by Gasteiger charge is 2.08. The van der Waals surface area contributed by atoms with Crippen molar-refractivity contribution in [2.45, 2.75) is 6.42 Å². The number of hydrogen-bond donors (Lipinski definition) is 1. The summed E-state index contributed by atoms with van der Waals surface area (Å²) in [7, 11) is 3.24. The van der Waals surface area contributed by atoms with Crippen LogP contribution >= 0.6 is 0 Å². The summed E-state index contributed by atoms with van der Waals surface area (Å²) in [5.74, 6) is -0.807. The first kappa shape index (κ1) is 13.4. The lowest BCUT2D eigenvalue weighted by Gasteiger charge is -2.19. The standard InChI is InChI=1S/C9H19NO4/c1-13-6-3-4-10(5-7-14-2)8-9(11)12/h3-8H2,1-2H3,(H,11,12). The van der Waals surface area contributed by atoms with Crippen molar-refractivity contribution in [3.05, 3.63) is 0 Å². The Hall–Kier alpha value is -0.650. The van der Waals surface area contributed by atoms with Crippen molar-refractivity contribution in [2.75, 3.05) is 47.1 Å². The van der Waals surface area contributed by atoms with Crippen molar-refractivity contribution >= 4 is 5.97 Å². The van der Waals surface area contributed by atoms with Crippen LogP contribution in [0.25, 0.3) is 0 Å². The molecule has 5 nitrogen and oxygen atoms in total. The zero-order valence-corrected chi connectivity index (χ0v) is 8.86. The maximum Gasteiger partial charge on any atom is 0.317 e. The second-order valence-electron chi connectivity index (χ2n) is 3.01. The molecule has 0 spiro atoms. The van der Waals surface area contributed by atoms with Gasteiger partial charge in [-0.3, -0.25) is 9.69 Å². The van der Waals surface area contributed by atoms with Gasteiger partial charge < -0.3 is 14.6 Å². The van der Waals surface area contributed by atoms with Crippen LogP contribution in [0, 0.1) is 0 Å². The third kappa shape index (κ3) is 7.97. The normalized spacial score (nSPS) is 10.8. The van der Waals surface area contributed by atoms with Crippen molar-refractivity contribution in [2.24, 2.45) is 0 Å². The first-order valence-corrected chi connectivity index (χ1v) is 4.62. The summed E-state index contributed by atoms with van der Waals surface area (Å²) in [6.07, 6.45) is 0.841. The minimum Gasteiger partial charge on any atom is -0.480 e. The van der Waals surface area contributed by atoms with E-state index in [1.807, 2.05) is 4.90 Å². The molecule has 0 amide bonds. The molecule has 0 rings (SSSR count). The number of carboxylic acid groups (broad SMARTS) is 1. The summed E-state index contributed by atoms with van der Waals surface area (Å²) >= 11 is 0. The first-order chi connectivity index (χ1) is 6.70. The molecule has 0 aromatic heterocycles. The monoisotopic (exact) mass is 205 g/mol. The largest absolute Gasteiger partial charge is 0.480 e. The topological polar surface area (TPSA) is 59.0 Å². The molecule has 0 bridgehead atoms. The van der Waals surface area contributed by atoms with Gasteiger partial charge in [-0.2, -0.15) is 0 Å². The van der Waals surface area contributed by atoms with E-state index < -0.39 is 5.97 Å². The van der Waals surface area contributed by atoms with E-state index >= 15 is 0 Å². The molecule has 0 atom stereocenters. The number of rotatable bonds is 9. The second kappa shape index (κ2) is 8.93. The molecule has 0 fully saturated rings. The van der Waals surface area contributed by atoms with Gasteiger partial charge in [0, 0.05) is 33.9 Å². The lowest BCUT2D eigenvalue weighted by Crippen LogP contribution is -2.33. The summed E-state index contributed by atoms with van der Waals surface area (Å²) in [6.45, 7) is 2.65. The second-order valence-corrected chi connectivity index (χ2v) is 3.01. The summed E-state index contributed by atoms with van der Waals surface area (Å²) < 4.78 is 9.79. The molecule has 0 aromatic rings. The molecule has 14 heavy (non-hydrogen) atoms. The van der Waals surface area contributed by atoms with E-state index in [2.05, 4.69) is 0 Å². The highest BCUT2D eigenvalue weighted by Crippen LogP contribution is 1.92. The average Bonchev–Trinajstić information content (AvgIpc) is 2.13. The fraction of sp³-hybridized carbons (Fsp3) is 0.889. The van der Waals surface area contributed by atoms with Gasteiger partial charge >= 0.3 is 5.97 Å². The van der Waals surface area contributed by atoms with Crippen molar-refractivity contribution in [3.63, 3.8) is 0 Å². The molecule has 0 saturated carbocycles. The van der Waals surface area contributed by atoms with E-state index in [0.717, 1.165) is 13.0 Å². The molecule has 0 aromatic carbocycles. The summed E-state index contributed by atoms with van der Waals surface area (Å²) in [4.78, 5) is 12.3. The quantitative estimate of drug-likeness (QED) is 0.539. The van der Waals surface area contributed by atoms with Gasteiger partial charge in [0.2, 0.25) is 0 Å². The predicted octanol–water partition coefficient (Wildman–Crippen LogP) is 0.0559. The fourth-order valence-corrected chi connectivity index (χ4v) is 1.11. The van der Waals surface area contributed by atoms with Crippen molar-refractivity contribution in [3.8, 4) is 0 Å². The van der Waals surface area contributed by atoms with Gasteiger partial charge in [0.25, 0.3) is 0 Å². The SMILES string of the molecule is COCCCN(CCOC)CC(=O)O. The Bertz CT molecular complexity index is 152. The Morgan fingerprint density at radius 3 is 2.36 bits per heavy atom. The molecule has 0 aliphatic carbocycles. The molecule has 84 valence electrons. The van der Waals surface area contributed by atoms with E-state index in [1.54, 1.807) is 14.2 Å². The average molecular weight is 205 g/mol. The Labute approximate surface area is 84.6 Å². The number of carbonyl (C=O) groups is 1. The maximum absolute atomic E-state index is 10.5. The molecular weight excluding hydrogens is 186 g/mol. The van der Waals surface area contributed by atoms with Gasteiger partial charge in [0.15, 0.2) is 0 Å². The molecule has 5 heteroatoms. The molecule has 0 radical (unpaired) electrons. The Morgan fingerprint density at radius 2 is 1.86 bits per heavy atom. The van der Waals surface area contributed by atoms with E-state index in [1.165, 1.54) is 0 Å². The molecule has 0 aliphatic heterocycles. The number of carboxylic acids is 1.